The molecule has 3 N–H and O–H groups in total. The molecule has 0 spiro atoms. The number of rotatable bonds is 3. The van der Waals surface area contributed by atoms with Gasteiger partial charge in [-0.3, -0.25) is 4.79 Å². The van der Waals surface area contributed by atoms with Crippen LogP contribution in [0.3, 0.4) is 0 Å². The molecule has 2 unspecified atom stereocenters. The first kappa shape index (κ1) is 16.6. The van der Waals surface area contributed by atoms with Crippen molar-refractivity contribution in [3.05, 3.63) is 41.1 Å². The zero-order chi connectivity index (χ0) is 17.4. The summed E-state index contributed by atoms with van der Waals surface area (Å²) in [7, 11) is 0. The predicted octanol–water partition coefficient (Wildman–Crippen LogP) is 3.63. The van der Waals surface area contributed by atoms with Gasteiger partial charge in [-0.1, -0.05) is 35.3 Å². The number of halogens is 1. The first-order valence-electron chi connectivity index (χ1n) is 8.89. The molecular formula is C19H22ClN3O2. The summed E-state index contributed by atoms with van der Waals surface area (Å²) in [5, 5.41) is 7.81. The van der Waals surface area contributed by atoms with E-state index in [1.165, 1.54) is 6.42 Å². The van der Waals surface area contributed by atoms with E-state index in [0.717, 1.165) is 31.2 Å². The van der Waals surface area contributed by atoms with Crippen LogP contribution in [-0.2, 0) is 0 Å². The number of fused-ring (bicyclic) bond motifs is 2. The number of nitrogens with two attached hydrogens (primary N) is 1. The quantitative estimate of drug-likeness (QED) is 0.876. The van der Waals surface area contributed by atoms with Crippen molar-refractivity contribution in [1.82, 2.24) is 10.5 Å². The minimum absolute atomic E-state index is 0.195. The molecule has 2 bridgehead atoms. The van der Waals surface area contributed by atoms with Gasteiger partial charge in [0.15, 0.2) is 0 Å². The van der Waals surface area contributed by atoms with E-state index in [0.29, 0.717) is 22.6 Å². The van der Waals surface area contributed by atoms with Crippen LogP contribution < -0.4 is 11.1 Å². The summed E-state index contributed by atoms with van der Waals surface area (Å²) in [6, 6.07) is 9.46. The summed E-state index contributed by atoms with van der Waals surface area (Å²) in [5.74, 6) is 0.990. The van der Waals surface area contributed by atoms with Gasteiger partial charge in [-0.2, -0.15) is 0 Å². The number of benzene rings is 1. The highest BCUT2D eigenvalue weighted by Crippen LogP contribution is 2.39. The Kier molecular flexibility index (Phi) is 4.52. The monoisotopic (exact) mass is 359 g/mol. The van der Waals surface area contributed by atoms with Gasteiger partial charge >= 0.3 is 0 Å². The first-order valence-corrected chi connectivity index (χ1v) is 9.27. The second-order valence-electron chi connectivity index (χ2n) is 7.27. The topological polar surface area (TPSA) is 81.1 Å². The van der Waals surface area contributed by atoms with E-state index in [1.54, 1.807) is 18.2 Å². The molecular weight excluding hydrogens is 338 g/mol. The Hall–Kier alpha value is -1.85. The van der Waals surface area contributed by atoms with E-state index in [9.17, 15) is 4.79 Å². The minimum atomic E-state index is -0.196. The lowest BCUT2D eigenvalue weighted by molar-refractivity contribution is 0.0725. The van der Waals surface area contributed by atoms with Gasteiger partial charge in [0.25, 0.3) is 5.91 Å². The maximum Gasteiger partial charge on any atom is 0.290 e. The minimum Gasteiger partial charge on any atom is -0.350 e. The summed E-state index contributed by atoms with van der Waals surface area (Å²) in [4.78, 5) is 12.6. The molecule has 2 saturated carbocycles. The van der Waals surface area contributed by atoms with Crippen LogP contribution in [0, 0.1) is 11.8 Å². The van der Waals surface area contributed by atoms with E-state index in [-0.39, 0.29) is 23.8 Å². The van der Waals surface area contributed by atoms with Crippen molar-refractivity contribution in [3.63, 3.8) is 0 Å². The van der Waals surface area contributed by atoms with E-state index in [4.69, 9.17) is 21.9 Å². The van der Waals surface area contributed by atoms with Crippen LogP contribution in [0.4, 0.5) is 0 Å². The third kappa shape index (κ3) is 3.44. The Balaban J connectivity index is 1.49. The van der Waals surface area contributed by atoms with E-state index in [2.05, 4.69) is 10.5 Å². The molecule has 5 nitrogen and oxygen atoms in total. The van der Waals surface area contributed by atoms with Gasteiger partial charge in [0.05, 0.1) is 0 Å². The van der Waals surface area contributed by atoms with E-state index < -0.39 is 0 Å². The van der Waals surface area contributed by atoms with Crippen molar-refractivity contribution >= 4 is 17.5 Å². The van der Waals surface area contributed by atoms with Crippen LogP contribution in [-0.4, -0.2) is 23.1 Å². The molecule has 1 aromatic heterocycles. The second-order valence-corrected chi connectivity index (χ2v) is 7.70. The van der Waals surface area contributed by atoms with Crippen molar-refractivity contribution < 1.29 is 9.32 Å². The Bertz CT molecular complexity index is 762. The SMILES string of the molecule is NC1CC2CCCC(C1)C2NC(=O)c1cc(-c2cccc(Cl)c2)no1. The number of aromatic nitrogens is 1. The van der Waals surface area contributed by atoms with Crippen molar-refractivity contribution in [1.29, 1.82) is 0 Å². The fraction of sp³-hybridized carbons (Fsp3) is 0.474. The van der Waals surface area contributed by atoms with Crippen LogP contribution in [0.2, 0.25) is 5.02 Å². The smallest absolute Gasteiger partial charge is 0.290 e. The third-order valence-electron chi connectivity index (χ3n) is 5.53. The Morgan fingerprint density at radius 3 is 2.72 bits per heavy atom. The zero-order valence-corrected chi connectivity index (χ0v) is 14.7. The van der Waals surface area contributed by atoms with Gasteiger partial charge < -0.3 is 15.6 Å². The average molecular weight is 360 g/mol. The van der Waals surface area contributed by atoms with Gasteiger partial charge in [-0.25, -0.2) is 0 Å². The normalized spacial score (nSPS) is 28.6. The number of nitrogens with zero attached hydrogens (tertiary/aromatic N) is 1. The molecule has 2 aliphatic carbocycles. The highest BCUT2D eigenvalue weighted by Gasteiger charge is 2.40. The maximum absolute atomic E-state index is 12.6. The fourth-order valence-electron chi connectivity index (χ4n) is 4.41. The second kappa shape index (κ2) is 6.81. The summed E-state index contributed by atoms with van der Waals surface area (Å²) in [6.45, 7) is 0. The van der Waals surface area contributed by atoms with Crippen LogP contribution >= 0.6 is 11.6 Å². The Labute approximate surface area is 151 Å². The van der Waals surface area contributed by atoms with Gasteiger partial charge in [-0.15, -0.1) is 0 Å². The molecule has 2 aromatic rings. The molecule has 0 saturated heterocycles. The number of carbonyl (C=O) groups excluding carboxylic acids is 1. The Morgan fingerprint density at radius 2 is 2.00 bits per heavy atom. The number of nitrogens with one attached hydrogen (secondary N) is 1. The predicted molar refractivity (Wildman–Crippen MR) is 96.2 cm³/mol. The zero-order valence-electron chi connectivity index (χ0n) is 14.0. The van der Waals surface area contributed by atoms with E-state index >= 15 is 0 Å². The van der Waals surface area contributed by atoms with Crippen molar-refractivity contribution in [3.8, 4) is 11.3 Å². The molecule has 2 atom stereocenters. The lowest BCUT2D eigenvalue weighted by Crippen LogP contribution is -2.53. The molecule has 6 heteroatoms. The lowest BCUT2D eigenvalue weighted by Gasteiger charge is -2.45. The molecule has 132 valence electrons. The standard InChI is InChI=1S/C19H22ClN3O2/c20-14-6-2-3-11(7-14)16-10-17(25-23-16)19(24)22-18-12-4-1-5-13(18)9-15(21)8-12/h2-3,6-7,10,12-13,15,18H,1,4-5,8-9,21H2,(H,22,24). The molecule has 25 heavy (non-hydrogen) atoms. The molecule has 0 aliphatic heterocycles. The van der Waals surface area contributed by atoms with Gasteiger partial charge in [-0.05, 0) is 49.7 Å². The number of carbonyl (C=O) groups is 1. The highest BCUT2D eigenvalue weighted by molar-refractivity contribution is 6.30. The number of hydrogen-bond acceptors (Lipinski definition) is 4. The molecule has 1 aromatic carbocycles. The van der Waals surface area contributed by atoms with Crippen molar-refractivity contribution in [2.45, 2.75) is 44.2 Å². The summed E-state index contributed by atoms with van der Waals surface area (Å²) in [6.07, 6.45) is 5.49. The van der Waals surface area contributed by atoms with Crippen LogP contribution in [0.25, 0.3) is 11.3 Å². The fourth-order valence-corrected chi connectivity index (χ4v) is 4.60. The van der Waals surface area contributed by atoms with Gasteiger partial charge in [0.1, 0.15) is 5.69 Å². The maximum atomic E-state index is 12.6. The van der Waals surface area contributed by atoms with Gasteiger partial charge in [0.2, 0.25) is 5.76 Å². The molecule has 2 fully saturated rings. The van der Waals surface area contributed by atoms with Crippen LogP contribution in [0.1, 0.15) is 42.7 Å². The molecule has 1 heterocycles. The lowest BCUT2D eigenvalue weighted by atomic mass is 9.67. The van der Waals surface area contributed by atoms with E-state index in [1.807, 2.05) is 12.1 Å². The van der Waals surface area contributed by atoms with Crippen LogP contribution in [0.5, 0.6) is 0 Å². The highest BCUT2D eigenvalue weighted by atomic mass is 35.5. The molecule has 2 aliphatic rings. The summed E-state index contributed by atoms with van der Waals surface area (Å²) < 4.78 is 5.28. The molecule has 4 rings (SSSR count). The van der Waals surface area contributed by atoms with Crippen molar-refractivity contribution in [2.75, 3.05) is 0 Å². The first-order chi connectivity index (χ1) is 12.1. The molecule has 1 amide bonds. The summed E-state index contributed by atoms with van der Waals surface area (Å²) >= 11 is 6.01. The molecule has 0 radical (unpaired) electrons. The van der Waals surface area contributed by atoms with Gasteiger partial charge in [0, 0.05) is 28.7 Å². The number of amides is 1. The largest absolute Gasteiger partial charge is 0.350 e. The average Bonchev–Trinajstić information content (AvgIpc) is 3.06. The summed E-state index contributed by atoms with van der Waals surface area (Å²) in [5.41, 5.74) is 7.60. The Morgan fingerprint density at radius 1 is 1.24 bits per heavy atom. The van der Waals surface area contributed by atoms with Crippen molar-refractivity contribution in [2.24, 2.45) is 17.6 Å². The van der Waals surface area contributed by atoms with Crippen LogP contribution in [0.15, 0.2) is 34.9 Å². The number of hydrogen-bond donors (Lipinski definition) is 2. The third-order valence-corrected chi connectivity index (χ3v) is 5.76.